The fourth-order valence-corrected chi connectivity index (χ4v) is 1.56. The molecular formula is C11H15N3O3. The number of nitrogens with zero attached hydrogens (tertiary/aromatic N) is 2. The van der Waals surface area contributed by atoms with Crippen LogP contribution in [0.2, 0.25) is 0 Å². The molecule has 0 saturated carbocycles. The van der Waals surface area contributed by atoms with E-state index < -0.39 is 29.2 Å². The second kappa shape index (κ2) is 4.53. The lowest BCUT2D eigenvalue weighted by atomic mass is 9.87. The number of hydrogen-bond acceptors (Lipinski definition) is 4. The highest BCUT2D eigenvalue weighted by Crippen LogP contribution is 2.24. The van der Waals surface area contributed by atoms with Gasteiger partial charge in [-0.05, 0) is 20.3 Å². The molecule has 1 aliphatic rings. The second-order valence-electron chi connectivity index (χ2n) is 4.32. The molecule has 92 valence electrons. The summed E-state index contributed by atoms with van der Waals surface area (Å²) in [6, 6.07) is 1.22. The van der Waals surface area contributed by atoms with Crippen molar-refractivity contribution in [2.75, 3.05) is 6.54 Å². The average molecular weight is 237 g/mol. The van der Waals surface area contributed by atoms with Gasteiger partial charge in [-0.15, -0.1) is 0 Å². The maximum atomic E-state index is 12.2. The summed E-state index contributed by atoms with van der Waals surface area (Å²) in [7, 11) is 0. The van der Waals surface area contributed by atoms with Crippen LogP contribution in [0.4, 0.5) is 0 Å². The molecule has 0 bridgehead atoms. The Bertz CT molecular complexity index is 413. The number of rotatable bonds is 2. The fourth-order valence-electron chi connectivity index (χ4n) is 1.56. The third-order valence-corrected chi connectivity index (χ3v) is 3.11. The molecule has 0 aromatic heterocycles. The molecule has 1 heterocycles. The predicted molar refractivity (Wildman–Crippen MR) is 58.3 cm³/mol. The lowest BCUT2D eigenvalue weighted by Gasteiger charge is -2.35. The van der Waals surface area contributed by atoms with Gasteiger partial charge in [0.1, 0.15) is 18.0 Å². The first-order valence-corrected chi connectivity index (χ1v) is 5.41. The smallest absolute Gasteiger partial charge is 0.249 e. The topological polar surface area (TPSA) is 90.3 Å². The first kappa shape index (κ1) is 13.2. The van der Waals surface area contributed by atoms with Crippen molar-refractivity contribution in [1.29, 1.82) is 5.26 Å². The maximum Gasteiger partial charge on any atom is 0.249 e. The SMILES string of the molecule is CCC(C)(C#N)C(=O)N1CC(=O)NC(=O)C1C. The number of carbonyl (C=O) groups is 3. The zero-order valence-electron chi connectivity index (χ0n) is 10.1. The van der Waals surface area contributed by atoms with Crippen LogP contribution in [-0.4, -0.2) is 35.2 Å². The van der Waals surface area contributed by atoms with E-state index in [9.17, 15) is 14.4 Å². The molecule has 17 heavy (non-hydrogen) atoms. The standard InChI is InChI=1S/C11H15N3O3/c1-4-11(3,6-12)10(17)14-5-8(15)13-9(16)7(14)2/h7H,4-5H2,1-3H3,(H,13,15,16). The summed E-state index contributed by atoms with van der Waals surface area (Å²) >= 11 is 0. The van der Waals surface area contributed by atoms with Gasteiger partial charge >= 0.3 is 0 Å². The van der Waals surface area contributed by atoms with E-state index in [1.54, 1.807) is 6.92 Å². The van der Waals surface area contributed by atoms with E-state index in [2.05, 4.69) is 5.32 Å². The van der Waals surface area contributed by atoms with Crippen LogP contribution in [0.25, 0.3) is 0 Å². The molecule has 1 N–H and O–H groups in total. The molecule has 0 aliphatic carbocycles. The number of imide groups is 1. The Hall–Kier alpha value is -1.90. The molecule has 0 aromatic carbocycles. The molecule has 3 amide bonds. The van der Waals surface area contributed by atoms with Crippen LogP contribution in [0.5, 0.6) is 0 Å². The highest BCUT2D eigenvalue weighted by Gasteiger charge is 2.41. The van der Waals surface area contributed by atoms with Crippen LogP contribution in [-0.2, 0) is 14.4 Å². The lowest BCUT2D eigenvalue weighted by molar-refractivity contribution is -0.153. The first-order valence-electron chi connectivity index (χ1n) is 5.41. The quantitative estimate of drug-likeness (QED) is 0.673. The first-order chi connectivity index (χ1) is 7.85. The number of nitriles is 1. The van der Waals surface area contributed by atoms with Gasteiger partial charge in [0.2, 0.25) is 17.7 Å². The zero-order chi connectivity index (χ0) is 13.2. The number of piperazine rings is 1. The van der Waals surface area contributed by atoms with Crippen LogP contribution >= 0.6 is 0 Å². The van der Waals surface area contributed by atoms with E-state index in [0.29, 0.717) is 6.42 Å². The Morgan fingerprint density at radius 1 is 1.65 bits per heavy atom. The van der Waals surface area contributed by atoms with Crippen LogP contribution in [0.3, 0.4) is 0 Å². The third kappa shape index (κ3) is 2.28. The molecule has 6 heteroatoms. The van der Waals surface area contributed by atoms with Crippen molar-refractivity contribution in [3.63, 3.8) is 0 Å². The van der Waals surface area contributed by atoms with Crippen LogP contribution in [0.15, 0.2) is 0 Å². The fraction of sp³-hybridized carbons (Fsp3) is 0.636. The van der Waals surface area contributed by atoms with Crippen LogP contribution in [0.1, 0.15) is 27.2 Å². The van der Waals surface area contributed by atoms with Crippen molar-refractivity contribution in [3.05, 3.63) is 0 Å². The average Bonchev–Trinajstić information content (AvgIpc) is 2.31. The highest BCUT2D eigenvalue weighted by atomic mass is 16.2. The van der Waals surface area contributed by atoms with Gasteiger partial charge in [0.05, 0.1) is 6.07 Å². The van der Waals surface area contributed by atoms with Crippen LogP contribution in [0, 0.1) is 16.7 Å². The van der Waals surface area contributed by atoms with Gasteiger partial charge in [0.15, 0.2) is 0 Å². The molecule has 0 spiro atoms. The number of carbonyl (C=O) groups excluding carboxylic acids is 3. The molecule has 1 saturated heterocycles. The Morgan fingerprint density at radius 3 is 2.71 bits per heavy atom. The van der Waals surface area contributed by atoms with Crippen molar-refractivity contribution < 1.29 is 14.4 Å². The van der Waals surface area contributed by atoms with Crippen molar-refractivity contribution in [2.24, 2.45) is 5.41 Å². The summed E-state index contributed by atoms with van der Waals surface area (Å²) in [6.45, 7) is 4.59. The molecule has 2 atom stereocenters. The molecule has 1 aliphatic heterocycles. The molecular weight excluding hydrogens is 222 g/mol. The molecule has 2 unspecified atom stereocenters. The monoisotopic (exact) mass is 237 g/mol. The van der Waals surface area contributed by atoms with Crippen molar-refractivity contribution >= 4 is 17.7 Å². The predicted octanol–water partition coefficient (Wildman–Crippen LogP) is -0.200. The number of nitrogens with one attached hydrogen (secondary N) is 1. The molecule has 1 fully saturated rings. The van der Waals surface area contributed by atoms with Gasteiger partial charge < -0.3 is 4.90 Å². The Kier molecular flexibility index (Phi) is 3.51. The normalized spacial score (nSPS) is 23.6. The Balaban J connectivity index is 2.99. The van der Waals surface area contributed by atoms with E-state index in [-0.39, 0.29) is 6.54 Å². The maximum absolute atomic E-state index is 12.2. The van der Waals surface area contributed by atoms with Gasteiger partial charge in [-0.3, -0.25) is 19.7 Å². The summed E-state index contributed by atoms with van der Waals surface area (Å²) in [5, 5.41) is 11.2. The number of hydrogen-bond donors (Lipinski definition) is 1. The minimum Gasteiger partial charge on any atom is -0.320 e. The van der Waals surface area contributed by atoms with Crippen molar-refractivity contribution in [3.8, 4) is 6.07 Å². The van der Waals surface area contributed by atoms with E-state index in [1.165, 1.54) is 13.8 Å². The van der Waals surface area contributed by atoms with Gasteiger partial charge in [0, 0.05) is 0 Å². The Labute approximate surface area is 99.6 Å². The minimum absolute atomic E-state index is 0.178. The highest BCUT2D eigenvalue weighted by molar-refractivity contribution is 6.05. The van der Waals surface area contributed by atoms with E-state index >= 15 is 0 Å². The Morgan fingerprint density at radius 2 is 2.24 bits per heavy atom. The van der Waals surface area contributed by atoms with Gasteiger partial charge in [-0.1, -0.05) is 6.92 Å². The molecule has 0 aromatic rings. The summed E-state index contributed by atoms with van der Waals surface area (Å²) < 4.78 is 0. The molecule has 0 radical (unpaired) electrons. The van der Waals surface area contributed by atoms with E-state index in [1.807, 2.05) is 6.07 Å². The van der Waals surface area contributed by atoms with E-state index in [0.717, 1.165) is 4.90 Å². The van der Waals surface area contributed by atoms with Crippen LogP contribution < -0.4 is 5.32 Å². The second-order valence-corrected chi connectivity index (χ2v) is 4.32. The van der Waals surface area contributed by atoms with Gasteiger partial charge in [-0.25, -0.2) is 0 Å². The minimum atomic E-state index is -1.19. The van der Waals surface area contributed by atoms with Gasteiger partial charge in [0.25, 0.3) is 0 Å². The molecule has 6 nitrogen and oxygen atoms in total. The lowest BCUT2D eigenvalue weighted by Crippen LogP contribution is -2.60. The number of amides is 3. The summed E-state index contributed by atoms with van der Waals surface area (Å²) in [5.74, 6) is -1.50. The van der Waals surface area contributed by atoms with Crippen molar-refractivity contribution in [1.82, 2.24) is 10.2 Å². The third-order valence-electron chi connectivity index (χ3n) is 3.11. The summed E-state index contributed by atoms with van der Waals surface area (Å²) in [4.78, 5) is 36.0. The largest absolute Gasteiger partial charge is 0.320 e. The molecule has 1 rings (SSSR count). The van der Waals surface area contributed by atoms with Gasteiger partial charge in [-0.2, -0.15) is 5.26 Å². The summed E-state index contributed by atoms with van der Waals surface area (Å²) in [6.07, 6.45) is 0.335. The zero-order valence-corrected chi connectivity index (χ0v) is 10.1. The van der Waals surface area contributed by atoms with E-state index in [4.69, 9.17) is 5.26 Å². The van der Waals surface area contributed by atoms with Crippen molar-refractivity contribution in [2.45, 2.75) is 33.2 Å². The summed E-state index contributed by atoms with van der Waals surface area (Å²) in [5.41, 5.74) is -1.19.